The van der Waals surface area contributed by atoms with Crippen LogP contribution in [0.1, 0.15) is 38.3 Å². The fraction of sp³-hybridized carbons (Fsp3) is 0.320. The molecule has 7 nitrogen and oxygen atoms in total. The third-order valence-electron chi connectivity index (χ3n) is 6.36. The Morgan fingerprint density at radius 2 is 2.00 bits per heavy atom. The number of fused-ring (bicyclic) bond motifs is 3. The number of benzene rings is 2. The first-order valence-electron chi connectivity index (χ1n) is 10.9. The number of primary amides is 1. The number of aromatic nitrogens is 1. The lowest BCUT2D eigenvalue weighted by Gasteiger charge is -2.37. The molecule has 2 amide bonds. The molecule has 32 heavy (non-hydrogen) atoms. The lowest BCUT2D eigenvalue weighted by molar-refractivity contribution is -0.127. The molecule has 164 valence electrons. The molecule has 1 aliphatic heterocycles. The summed E-state index contributed by atoms with van der Waals surface area (Å²) in [7, 11) is 0. The SMILES string of the molecule is Cc1cccc(CNC(=O)c2noc3c2CCc2cc(CN4CC(C(N)=O)C4)ccc2-3)c1. The highest BCUT2D eigenvalue weighted by molar-refractivity contribution is 5.95. The van der Waals surface area contributed by atoms with Crippen LogP contribution in [0.5, 0.6) is 0 Å². The van der Waals surface area contributed by atoms with Crippen molar-refractivity contribution in [2.24, 2.45) is 11.7 Å². The van der Waals surface area contributed by atoms with Gasteiger partial charge in [-0.05, 0) is 36.5 Å². The zero-order valence-electron chi connectivity index (χ0n) is 18.1. The molecule has 3 N–H and O–H groups in total. The summed E-state index contributed by atoms with van der Waals surface area (Å²) in [6, 6.07) is 14.4. The van der Waals surface area contributed by atoms with Gasteiger partial charge in [0.25, 0.3) is 5.91 Å². The van der Waals surface area contributed by atoms with Crippen LogP contribution in [-0.2, 0) is 30.7 Å². The smallest absolute Gasteiger partial charge is 0.274 e. The maximum atomic E-state index is 12.8. The van der Waals surface area contributed by atoms with E-state index >= 15 is 0 Å². The fourth-order valence-corrected chi connectivity index (χ4v) is 4.59. The Kier molecular flexibility index (Phi) is 5.27. The average Bonchev–Trinajstić information content (AvgIpc) is 3.18. The van der Waals surface area contributed by atoms with E-state index in [9.17, 15) is 9.59 Å². The molecule has 1 aromatic heterocycles. The Morgan fingerprint density at radius 1 is 1.16 bits per heavy atom. The van der Waals surface area contributed by atoms with Crippen molar-refractivity contribution in [3.8, 4) is 11.3 Å². The second-order valence-electron chi connectivity index (χ2n) is 8.80. The first-order chi connectivity index (χ1) is 15.5. The first-order valence-corrected chi connectivity index (χ1v) is 10.9. The van der Waals surface area contributed by atoms with Gasteiger partial charge in [-0.3, -0.25) is 14.5 Å². The van der Waals surface area contributed by atoms with Gasteiger partial charge in [-0.2, -0.15) is 0 Å². The summed E-state index contributed by atoms with van der Waals surface area (Å²) in [5.74, 6) is 0.234. The lowest BCUT2D eigenvalue weighted by Crippen LogP contribution is -2.51. The fourth-order valence-electron chi connectivity index (χ4n) is 4.59. The highest BCUT2D eigenvalue weighted by Gasteiger charge is 2.31. The van der Waals surface area contributed by atoms with Crippen molar-refractivity contribution in [3.05, 3.63) is 76.0 Å². The molecule has 2 aromatic carbocycles. The predicted octanol–water partition coefficient (Wildman–Crippen LogP) is 2.60. The van der Waals surface area contributed by atoms with Crippen molar-refractivity contribution in [2.75, 3.05) is 13.1 Å². The molecule has 0 radical (unpaired) electrons. The minimum atomic E-state index is -0.219. The van der Waals surface area contributed by atoms with E-state index in [2.05, 4.69) is 33.6 Å². The van der Waals surface area contributed by atoms with Gasteiger partial charge in [0.1, 0.15) is 0 Å². The maximum Gasteiger partial charge on any atom is 0.274 e. The normalized spacial score (nSPS) is 15.5. The minimum Gasteiger partial charge on any atom is -0.369 e. The lowest BCUT2D eigenvalue weighted by atomic mass is 9.88. The molecule has 0 spiro atoms. The van der Waals surface area contributed by atoms with Crippen molar-refractivity contribution in [3.63, 3.8) is 0 Å². The van der Waals surface area contributed by atoms with Gasteiger partial charge in [0.15, 0.2) is 11.5 Å². The number of amides is 2. The molecule has 1 fully saturated rings. The van der Waals surface area contributed by atoms with Gasteiger partial charge < -0.3 is 15.6 Å². The Balaban J connectivity index is 1.28. The van der Waals surface area contributed by atoms with E-state index in [4.69, 9.17) is 10.3 Å². The van der Waals surface area contributed by atoms with E-state index in [0.717, 1.165) is 54.7 Å². The summed E-state index contributed by atoms with van der Waals surface area (Å²) < 4.78 is 5.63. The molecule has 3 aromatic rings. The number of rotatable bonds is 6. The zero-order chi connectivity index (χ0) is 22.2. The number of aryl methyl sites for hydroxylation is 2. The number of carbonyl (C=O) groups is 2. The van der Waals surface area contributed by atoms with Gasteiger partial charge in [-0.25, -0.2) is 0 Å². The molecule has 1 aliphatic carbocycles. The van der Waals surface area contributed by atoms with E-state index in [-0.39, 0.29) is 17.7 Å². The van der Waals surface area contributed by atoms with Gasteiger partial charge in [0, 0.05) is 37.3 Å². The van der Waals surface area contributed by atoms with Crippen molar-refractivity contribution in [1.29, 1.82) is 0 Å². The summed E-state index contributed by atoms with van der Waals surface area (Å²) in [5.41, 5.74) is 12.2. The number of nitrogens with zero attached hydrogens (tertiary/aromatic N) is 2. The molecule has 0 unspecified atom stereocenters. The molecule has 0 atom stereocenters. The van der Waals surface area contributed by atoms with Crippen molar-refractivity contribution >= 4 is 11.8 Å². The van der Waals surface area contributed by atoms with Crippen LogP contribution in [0.2, 0.25) is 0 Å². The third-order valence-corrected chi connectivity index (χ3v) is 6.36. The quantitative estimate of drug-likeness (QED) is 0.626. The van der Waals surface area contributed by atoms with Crippen LogP contribution in [0.4, 0.5) is 0 Å². The summed E-state index contributed by atoms with van der Waals surface area (Å²) >= 11 is 0. The molecule has 7 heteroatoms. The van der Waals surface area contributed by atoms with Gasteiger partial charge in [0.2, 0.25) is 5.91 Å². The Hall–Kier alpha value is -3.45. The third kappa shape index (κ3) is 3.91. The zero-order valence-corrected chi connectivity index (χ0v) is 18.1. The summed E-state index contributed by atoms with van der Waals surface area (Å²) in [6.07, 6.45) is 1.55. The molecule has 2 heterocycles. The van der Waals surface area contributed by atoms with Gasteiger partial charge in [-0.15, -0.1) is 0 Å². The van der Waals surface area contributed by atoms with E-state index in [0.29, 0.717) is 18.0 Å². The van der Waals surface area contributed by atoms with E-state index in [1.54, 1.807) is 0 Å². The second kappa shape index (κ2) is 8.24. The van der Waals surface area contributed by atoms with Crippen LogP contribution in [0.15, 0.2) is 47.0 Å². The summed E-state index contributed by atoms with van der Waals surface area (Å²) in [4.78, 5) is 26.2. The molecule has 0 saturated carbocycles. The largest absolute Gasteiger partial charge is 0.369 e. The number of likely N-dealkylation sites (tertiary alicyclic amines) is 1. The number of nitrogens with one attached hydrogen (secondary N) is 1. The minimum absolute atomic E-state index is 0.0279. The monoisotopic (exact) mass is 430 g/mol. The molecule has 5 rings (SSSR count). The Bertz CT molecular complexity index is 1190. The number of hydrogen-bond donors (Lipinski definition) is 2. The van der Waals surface area contributed by atoms with Gasteiger partial charge in [0.05, 0.1) is 5.92 Å². The van der Waals surface area contributed by atoms with Crippen LogP contribution in [0.3, 0.4) is 0 Å². The van der Waals surface area contributed by atoms with Crippen LogP contribution < -0.4 is 11.1 Å². The van der Waals surface area contributed by atoms with Crippen molar-refractivity contribution in [1.82, 2.24) is 15.4 Å². The van der Waals surface area contributed by atoms with E-state index in [1.165, 1.54) is 11.1 Å². The van der Waals surface area contributed by atoms with Gasteiger partial charge in [-0.1, -0.05) is 53.2 Å². The average molecular weight is 431 g/mol. The van der Waals surface area contributed by atoms with Crippen LogP contribution in [-0.4, -0.2) is 35.0 Å². The van der Waals surface area contributed by atoms with Gasteiger partial charge >= 0.3 is 0 Å². The topological polar surface area (TPSA) is 101 Å². The number of hydrogen-bond acceptors (Lipinski definition) is 5. The number of carbonyl (C=O) groups excluding carboxylic acids is 2. The van der Waals surface area contributed by atoms with Crippen LogP contribution in [0, 0.1) is 12.8 Å². The predicted molar refractivity (Wildman–Crippen MR) is 120 cm³/mol. The highest BCUT2D eigenvalue weighted by Crippen LogP contribution is 2.36. The van der Waals surface area contributed by atoms with E-state index < -0.39 is 0 Å². The Morgan fingerprint density at radius 3 is 2.78 bits per heavy atom. The summed E-state index contributed by atoms with van der Waals surface area (Å²) in [5, 5.41) is 7.06. The standard InChI is InChI=1S/C25H26N4O3/c1-15-3-2-4-16(9-15)11-27-25(31)22-21-8-6-18-10-17(5-7-20(18)23(21)32-28-22)12-29-13-19(14-29)24(26)30/h2-5,7,9-10,19H,6,8,11-14H2,1H3,(H2,26,30)(H,27,31). The van der Waals surface area contributed by atoms with Crippen molar-refractivity contribution < 1.29 is 14.1 Å². The molecule has 0 bridgehead atoms. The highest BCUT2D eigenvalue weighted by atomic mass is 16.5. The molecule has 2 aliphatic rings. The summed E-state index contributed by atoms with van der Waals surface area (Å²) in [6.45, 7) is 4.73. The Labute approximate surface area is 186 Å². The van der Waals surface area contributed by atoms with E-state index in [1.807, 2.05) is 31.2 Å². The molecular formula is C25H26N4O3. The maximum absolute atomic E-state index is 12.8. The van der Waals surface area contributed by atoms with Crippen molar-refractivity contribution in [2.45, 2.75) is 32.9 Å². The van der Waals surface area contributed by atoms with Crippen LogP contribution in [0.25, 0.3) is 11.3 Å². The number of nitrogens with two attached hydrogens (primary N) is 1. The molecular weight excluding hydrogens is 404 g/mol. The molecule has 1 saturated heterocycles. The second-order valence-corrected chi connectivity index (χ2v) is 8.80. The first kappa shape index (κ1) is 20.5. The van der Waals surface area contributed by atoms with Crippen LogP contribution >= 0.6 is 0 Å².